The molecule has 0 bridgehead atoms. The van der Waals surface area contributed by atoms with Crippen LogP contribution in [0.15, 0.2) is 0 Å². The van der Waals surface area contributed by atoms with E-state index in [9.17, 15) is 0 Å². The van der Waals surface area contributed by atoms with Crippen LogP contribution in [0.1, 0.15) is 51.4 Å². The molecule has 3 atom stereocenters. The lowest BCUT2D eigenvalue weighted by molar-refractivity contribution is 0.0179. The molecule has 1 aliphatic carbocycles. The summed E-state index contributed by atoms with van der Waals surface area (Å²) in [6.07, 6.45) is 11.0. The molecule has 0 N–H and O–H groups in total. The number of hydrogen-bond acceptors (Lipinski definition) is 2. The van der Waals surface area contributed by atoms with Crippen molar-refractivity contribution >= 4 is 11.6 Å². The molecule has 1 saturated carbocycles. The van der Waals surface area contributed by atoms with Gasteiger partial charge in [0.25, 0.3) is 0 Å². The van der Waals surface area contributed by atoms with Crippen LogP contribution >= 0.6 is 11.6 Å². The highest BCUT2D eigenvalue weighted by molar-refractivity contribution is 6.18. The molecule has 2 nitrogen and oxygen atoms in total. The first-order valence-corrected chi connectivity index (χ1v) is 7.73. The van der Waals surface area contributed by atoms with Gasteiger partial charge >= 0.3 is 0 Å². The first-order chi connectivity index (χ1) is 8.35. The first-order valence-electron chi connectivity index (χ1n) is 7.19. The highest BCUT2D eigenvalue weighted by Gasteiger charge is 2.31. The molecule has 100 valence electrons. The van der Waals surface area contributed by atoms with Crippen LogP contribution in [0.5, 0.6) is 0 Å². The van der Waals surface area contributed by atoms with Gasteiger partial charge in [-0.25, -0.2) is 0 Å². The Kier molecular flexibility index (Phi) is 5.58. The predicted molar refractivity (Wildman–Crippen MR) is 72.7 cm³/mol. The molecule has 0 aromatic heterocycles. The second kappa shape index (κ2) is 6.96. The van der Waals surface area contributed by atoms with E-state index in [1.54, 1.807) is 0 Å². The summed E-state index contributed by atoms with van der Waals surface area (Å²) in [5.41, 5.74) is 0. The van der Waals surface area contributed by atoms with E-state index >= 15 is 0 Å². The number of rotatable bonds is 3. The average Bonchev–Trinajstić information content (AvgIpc) is 2.63. The zero-order chi connectivity index (χ0) is 12.1. The van der Waals surface area contributed by atoms with E-state index in [0.29, 0.717) is 12.1 Å². The maximum absolute atomic E-state index is 6.16. The highest BCUT2D eigenvalue weighted by atomic mass is 35.5. The minimum Gasteiger partial charge on any atom is -0.381 e. The molecular weight excluding hydrogens is 234 g/mol. The summed E-state index contributed by atoms with van der Waals surface area (Å²) in [5, 5.41) is 0. The van der Waals surface area contributed by atoms with Crippen LogP contribution in [-0.2, 0) is 4.74 Å². The number of alkyl halides is 1. The fourth-order valence-corrected chi connectivity index (χ4v) is 3.81. The van der Waals surface area contributed by atoms with Gasteiger partial charge in [-0.15, -0.1) is 11.6 Å². The summed E-state index contributed by atoms with van der Waals surface area (Å²) >= 11 is 6.16. The maximum Gasteiger partial charge on any atom is 0.0586 e. The standard InChI is InChI=1S/C14H26ClNO/c1-17-14-8-5-7-12(10-14)16-9-4-2-3-6-13(16)11-15/h12-14H,2-11H2,1H3. The summed E-state index contributed by atoms with van der Waals surface area (Å²) in [4.78, 5) is 2.70. The third-order valence-electron chi connectivity index (χ3n) is 4.50. The lowest BCUT2D eigenvalue weighted by Crippen LogP contribution is -2.47. The summed E-state index contributed by atoms with van der Waals surface area (Å²) in [6, 6.07) is 1.33. The molecule has 1 heterocycles. The van der Waals surface area contributed by atoms with E-state index in [0.717, 1.165) is 11.9 Å². The molecule has 0 aromatic rings. The summed E-state index contributed by atoms with van der Waals surface area (Å²) in [7, 11) is 1.86. The number of methoxy groups -OCH3 is 1. The van der Waals surface area contributed by atoms with Gasteiger partial charge in [-0.05, 0) is 45.1 Å². The van der Waals surface area contributed by atoms with Crippen LogP contribution in [0, 0.1) is 0 Å². The summed E-state index contributed by atoms with van der Waals surface area (Å²) < 4.78 is 5.55. The van der Waals surface area contributed by atoms with Crippen molar-refractivity contribution in [1.29, 1.82) is 0 Å². The molecule has 1 aliphatic heterocycles. The van der Waals surface area contributed by atoms with Gasteiger partial charge in [0.15, 0.2) is 0 Å². The Balaban J connectivity index is 1.96. The lowest BCUT2D eigenvalue weighted by Gasteiger charge is -2.40. The fraction of sp³-hybridized carbons (Fsp3) is 1.00. The smallest absolute Gasteiger partial charge is 0.0586 e. The van der Waals surface area contributed by atoms with Crippen molar-refractivity contribution in [3.05, 3.63) is 0 Å². The average molecular weight is 260 g/mol. The molecule has 3 unspecified atom stereocenters. The van der Waals surface area contributed by atoms with Crippen molar-refractivity contribution in [2.45, 2.75) is 69.6 Å². The van der Waals surface area contributed by atoms with Gasteiger partial charge in [0, 0.05) is 25.1 Å². The Bertz CT molecular complexity index is 224. The molecule has 0 spiro atoms. The van der Waals surface area contributed by atoms with Crippen molar-refractivity contribution in [1.82, 2.24) is 4.90 Å². The minimum atomic E-state index is 0.480. The Morgan fingerprint density at radius 1 is 1.12 bits per heavy atom. The van der Waals surface area contributed by atoms with E-state index in [1.807, 2.05) is 7.11 Å². The van der Waals surface area contributed by atoms with E-state index in [-0.39, 0.29) is 0 Å². The van der Waals surface area contributed by atoms with Crippen LogP contribution in [0.25, 0.3) is 0 Å². The van der Waals surface area contributed by atoms with Crippen molar-refractivity contribution < 1.29 is 4.74 Å². The monoisotopic (exact) mass is 259 g/mol. The minimum absolute atomic E-state index is 0.480. The first kappa shape index (κ1) is 13.6. The number of likely N-dealkylation sites (tertiary alicyclic amines) is 1. The molecule has 2 fully saturated rings. The third kappa shape index (κ3) is 3.59. The van der Waals surface area contributed by atoms with E-state index < -0.39 is 0 Å². The normalized spacial score (nSPS) is 36.7. The van der Waals surface area contributed by atoms with E-state index in [1.165, 1.54) is 57.9 Å². The fourth-order valence-electron chi connectivity index (χ4n) is 3.48. The Hall–Kier alpha value is 0.210. The topological polar surface area (TPSA) is 12.5 Å². The van der Waals surface area contributed by atoms with Gasteiger partial charge in [0.2, 0.25) is 0 Å². The van der Waals surface area contributed by atoms with E-state index in [2.05, 4.69) is 4.90 Å². The van der Waals surface area contributed by atoms with Crippen LogP contribution in [-0.4, -0.2) is 42.6 Å². The molecule has 0 aromatic carbocycles. The van der Waals surface area contributed by atoms with Crippen LogP contribution in [0.4, 0.5) is 0 Å². The third-order valence-corrected chi connectivity index (χ3v) is 4.86. The molecule has 0 radical (unpaired) electrons. The second-order valence-corrected chi connectivity index (χ2v) is 5.88. The van der Waals surface area contributed by atoms with Crippen molar-refractivity contribution in [2.24, 2.45) is 0 Å². The largest absolute Gasteiger partial charge is 0.381 e. The predicted octanol–water partition coefficient (Wildman–Crippen LogP) is 3.43. The summed E-state index contributed by atoms with van der Waals surface area (Å²) in [6.45, 7) is 1.25. The quantitative estimate of drug-likeness (QED) is 0.720. The van der Waals surface area contributed by atoms with Crippen LogP contribution in [0.2, 0.25) is 0 Å². The number of nitrogens with zero attached hydrogens (tertiary/aromatic N) is 1. The highest BCUT2D eigenvalue weighted by Crippen LogP contribution is 2.29. The van der Waals surface area contributed by atoms with E-state index in [4.69, 9.17) is 16.3 Å². The molecule has 3 heteroatoms. The molecule has 2 aliphatic rings. The second-order valence-electron chi connectivity index (χ2n) is 5.57. The molecule has 2 rings (SSSR count). The van der Waals surface area contributed by atoms with Crippen molar-refractivity contribution in [3.63, 3.8) is 0 Å². The van der Waals surface area contributed by atoms with Crippen molar-refractivity contribution in [2.75, 3.05) is 19.5 Å². The van der Waals surface area contributed by atoms with Gasteiger partial charge in [-0.1, -0.05) is 12.8 Å². The van der Waals surface area contributed by atoms with Crippen LogP contribution in [0.3, 0.4) is 0 Å². The Morgan fingerprint density at radius 3 is 2.76 bits per heavy atom. The SMILES string of the molecule is COC1CCCC(N2CCCCCC2CCl)C1. The Labute approximate surface area is 111 Å². The molecule has 0 amide bonds. The lowest BCUT2D eigenvalue weighted by atomic mass is 9.90. The number of hydrogen-bond donors (Lipinski definition) is 0. The Morgan fingerprint density at radius 2 is 2.00 bits per heavy atom. The molecule has 17 heavy (non-hydrogen) atoms. The zero-order valence-corrected chi connectivity index (χ0v) is 11.8. The van der Waals surface area contributed by atoms with Gasteiger partial charge in [0.05, 0.1) is 6.10 Å². The van der Waals surface area contributed by atoms with Crippen molar-refractivity contribution in [3.8, 4) is 0 Å². The molecular formula is C14H26ClNO. The van der Waals surface area contributed by atoms with Gasteiger partial charge in [-0.3, -0.25) is 4.90 Å². The molecule has 1 saturated heterocycles. The number of ether oxygens (including phenoxy) is 1. The van der Waals surface area contributed by atoms with Gasteiger partial charge in [0.1, 0.15) is 0 Å². The zero-order valence-electron chi connectivity index (χ0n) is 11.0. The van der Waals surface area contributed by atoms with Gasteiger partial charge in [-0.2, -0.15) is 0 Å². The number of halogens is 1. The maximum atomic E-state index is 6.16. The van der Waals surface area contributed by atoms with Gasteiger partial charge < -0.3 is 4.74 Å². The summed E-state index contributed by atoms with van der Waals surface area (Å²) in [5.74, 6) is 0.800. The van der Waals surface area contributed by atoms with Crippen LogP contribution < -0.4 is 0 Å².